The second kappa shape index (κ2) is 8.56. The number of nitrogens with one attached hydrogen (secondary N) is 1. The summed E-state index contributed by atoms with van der Waals surface area (Å²) in [6.45, 7) is 5.51. The van der Waals surface area contributed by atoms with E-state index in [4.69, 9.17) is 9.84 Å². The van der Waals surface area contributed by atoms with Crippen molar-refractivity contribution in [1.82, 2.24) is 5.32 Å². The molecule has 0 bridgehead atoms. The minimum atomic E-state index is 0.265. The van der Waals surface area contributed by atoms with Crippen molar-refractivity contribution in [2.24, 2.45) is 5.92 Å². The van der Waals surface area contributed by atoms with Gasteiger partial charge in [0, 0.05) is 17.1 Å². The summed E-state index contributed by atoms with van der Waals surface area (Å²) in [7, 11) is 1.67. The van der Waals surface area contributed by atoms with E-state index < -0.39 is 0 Å². The molecule has 1 aromatic carbocycles. The van der Waals surface area contributed by atoms with Gasteiger partial charge < -0.3 is 15.2 Å². The van der Waals surface area contributed by atoms with E-state index in [1.807, 2.05) is 12.1 Å². The van der Waals surface area contributed by atoms with Crippen LogP contribution in [-0.2, 0) is 0 Å². The third kappa shape index (κ3) is 5.13. The molecule has 2 N–H and O–H groups in total. The molecule has 3 nitrogen and oxygen atoms in total. The van der Waals surface area contributed by atoms with Crippen LogP contribution in [0.2, 0.25) is 0 Å². The highest BCUT2D eigenvalue weighted by Gasteiger charge is 2.12. The molecule has 0 spiro atoms. The Morgan fingerprint density at radius 3 is 2.68 bits per heavy atom. The number of hydrogen-bond acceptors (Lipinski definition) is 3. The predicted molar refractivity (Wildman–Crippen MR) is 82.6 cm³/mol. The maximum atomic E-state index is 9.00. The van der Waals surface area contributed by atoms with E-state index in [-0.39, 0.29) is 12.6 Å². The summed E-state index contributed by atoms with van der Waals surface area (Å²) in [6, 6.07) is 6.31. The van der Waals surface area contributed by atoms with Gasteiger partial charge in [-0.1, -0.05) is 35.3 Å². The Hall–Kier alpha value is -0.580. The summed E-state index contributed by atoms with van der Waals surface area (Å²) in [5.41, 5.74) is 1.22. The van der Waals surface area contributed by atoms with Crippen molar-refractivity contribution in [3.63, 3.8) is 0 Å². The fraction of sp³-hybridized carbons (Fsp3) is 0.600. The van der Waals surface area contributed by atoms with Gasteiger partial charge in [0.1, 0.15) is 5.75 Å². The van der Waals surface area contributed by atoms with Gasteiger partial charge in [0.15, 0.2) is 0 Å². The minimum Gasteiger partial charge on any atom is -0.497 e. The van der Waals surface area contributed by atoms with E-state index in [2.05, 4.69) is 41.2 Å². The molecule has 0 fully saturated rings. The zero-order valence-corrected chi connectivity index (χ0v) is 13.5. The van der Waals surface area contributed by atoms with Gasteiger partial charge in [0.05, 0.1) is 7.11 Å². The normalized spacial score (nSPS) is 14.2. The van der Waals surface area contributed by atoms with Crippen molar-refractivity contribution in [2.75, 3.05) is 20.3 Å². The first-order valence-electron chi connectivity index (χ1n) is 6.80. The van der Waals surface area contributed by atoms with Crippen molar-refractivity contribution in [1.29, 1.82) is 0 Å². The largest absolute Gasteiger partial charge is 0.497 e. The van der Waals surface area contributed by atoms with Gasteiger partial charge in [-0.3, -0.25) is 0 Å². The molecule has 0 aromatic heterocycles. The highest BCUT2D eigenvalue weighted by atomic mass is 79.9. The minimum absolute atomic E-state index is 0.265. The summed E-state index contributed by atoms with van der Waals surface area (Å²) < 4.78 is 6.26. The Morgan fingerprint density at radius 2 is 2.16 bits per heavy atom. The number of hydrogen-bond donors (Lipinski definition) is 2. The lowest BCUT2D eigenvalue weighted by molar-refractivity contribution is 0.249. The first-order chi connectivity index (χ1) is 9.12. The molecular weight excluding hydrogens is 306 g/mol. The van der Waals surface area contributed by atoms with Crippen LogP contribution >= 0.6 is 15.9 Å². The molecule has 0 radical (unpaired) electrons. The molecule has 108 valence electrons. The Kier molecular flexibility index (Phi) is 7.42. The lowest BCUT2D eigenvalue weighted by atomic mass is 10.0. The molecule has 0 heterocycles. The molecule has 0 saturated heterocycles. The maximum absolute atomic E-state index is 9.00. The van der Waals surface area contributed by atoms with Crippen LogP contribution in [0.5, 0.6) is 5.75 Å². The number of methoxy groups -OCH3 is 1. The van der Waals surface area contributed by atoms with Gasteiger partial charge in [0.2, 0.25) is 0 Å². The van der Waals surface area contributed by atoms with Crippen LogP contribution in [0, 0.1) is 5.92 Å². The second-order valence-electron chi connectivity index (χ2n) is 4.80. The molecule has 0 saturated carbocycles. The zero-order valence-electron chi connectivity index (χ0n) is 11.9. The summed E-state index contributed by atoms with van der Waals surface area (Å²) in [6.07, 6.45) is 1.95. The Labute approximate surface area is 124 Å². The topological polar surface area (TPSA) is 41.5 Å². The fourth-order valence-corrected chi connectivity index (χ4v) is 2.77. The first-order valence-corrected chi connectivity index (χ1v) is 7.59. The standard InChI is InChI=1S/C15H24BrNO2/c1-4-12(7-8-18)10-17-11(2)14-6-5-13(19-3)9-15(14)16/h5-6,9,11-12,17-18H,4,7-8,10H2,1-3H3. The van der Waals surface area contributed by atoms with Crippen LogP contribution in [0.15, 0.2) is 22.7 Å². The predicted octanol–water partition coefficient (Wildman–Crippen LogP) is 3.52. The van der Waals surface area contributed by atoms with Crippen LogP contribution in [0.4, 0.5) is 0 Å². The van der Waals surface area contributed by atoms with Crippen molar-refractivity contribution >= 4 is 15.9 Å². The van der Waals surface area contributed by atoms with Crippen LogP contribution in [0.3, 0.4) is 0 Å². The molecule has 0 aliphatic carbocycles. The number of benzene rings is 1. The molecular formula is C15H24BrNO2. The molecule has 1 aromatic rings. The average molecular weight is 330 g/mol. The van der Waals surface area contributed by atoms with Gasteiger partial charge in [0.25, 0.3) is 0 Å². The number of aliphatic hydroxyl groups excluding tert-OH is 1. The third-order valence-corrected chi connectivity index (χ3v) is 4.19. The van der Waals surface area contributed by atoms with Crippen molar-refractivity contribution in [2.45, 2.75) is 32.7 Å². The molecule has 0 amide bonds. The Morgan fingerprint density at radius 1 is 1.42 bits per heavy atom. The van der Waals surface area contributed by atoms with Gasteiger partial charge in [-0.05, 0) is 43.5 Å². The lowest BCUT2D eigenvalue weighted by Gasteiger charge is -2.20. The quantitative estimate of drug-likeness (QED) is 0.766. The highest BCUT2D eigenvalue weighted by molar-refractivity contribution is 9.10. The van der Waals surface area contributed by atoms with Crippen LogP contribution in [0.1, 0.15) is 38.3 Å². The number of halogens is 1. The SMILES string of the molecule is CCC(CCO)CNC(C)c1ccc(OC)cc1Br. The second-order valence-corrected chi connectivity index (χ2v) is 5.66. The van der Waals surface area contributed by atoms with Crippen molar-refractivity contribution in [3.05, 3.63) is 28.2 Å². The van der Waals surface area contributed by atoms with Gasteiger partial charge in [-0.2, -0.15) is 0 Å². The summed E-state index contributed by atoms with van der Waals surface area (Å²) in [4.78, 5) is 0. The fourth-order valence-electron chi connectivity index (χ4n) is 2.07. The number of rotatable bonds is 8. The van der Waals surface area contributed by atoms with Gasteiger partial charge >= 0.3 is 0 Å². The maximum Gasteiger partial charge on any atom is 0.120 e. The van der Waals surface area contributed by atoms with E-state index >= 15 is 0 Å². The molecule has 0 aliphatic heterocycles. The van der Waals surface area contributed by atoms with Crippen LogP contribution < -0.4 is 10.1 Å². The van der Waals surface area contributed by atoms with E-state index in [1.54, 1.807) is 7.11 Å². The molecule has 1 rings (SSSR count). The Bertz CT molecular complexity index is 384. The van der Waals surface area contributed by atoms with Crippen molar-refractivity contribution in [3.8, 4) is 5.75 Å². The van der Waals surface area contributed by atoms with E-state index in [1.165, 1.54) is 5.56 Å². The molecule has 4 heteroatoms. The molecule has 2 unspecified atom stereocenters. The highest BCUT2D eigenvalue weighted by Crippen LogP contribution is 2.27. The first kappa shape index (κ1) is 16.5. The van der Waals surface area contributed by atoms with Crippen LogP contribution in [-0.4, -0.2) is 25.4 Å². The van der Waals surface area contributed by atoms with E-state index in [9.17, 15) is 0 Å². The summed E-state index contributed by atoms with van der Waals surface area (Å²) in [5, 5.41) is 12.5. The summed E-state index contributed by atoms with van der Waals surface area (Å²) in [5.74, 6) is 1.39. The third-order valence-electron chi connectivity index (χ3n) is 3.50. The van der Waals surface area contributed by atoms with E-state index in [0.717, 1.165) is 29.6 Å². The molecule has 2 atom stereocenters. The average Bonchev–Trinajstić information content (AvgIpc) is 2.42. The molecule has 0 aliphatic rings. The van der Waals surface area contributed by atoms with E-state index in [0.29, 0.717) is 5.92 Å². The smallest absolute Gasteiger partial charge is 0.120 e. The number of ether oxygens (including phenoxy) is 1. The summed E-state index contributed by atoms with van der Waals surface area (Å²) >= 11 is 3.58. The molecule has 19 heavy (non-hydrogen) atoms. The zero-order chi connectivity index (χ0) is 14.3. The number of aliphatic hydroxyl groups is 1. The van der Waals surface area contributed by atoms with Crippen LogP contribution in [0.25, 0.3) is 0 Å². The van der Waals surface area contributed by atoms with Gasteiger partial charge in [-0.25, -0.2) is 0 Å². The lowest BCUT2D eigenvalue weighted by Crippen LogP contribution is -2.26. The van der Waals surface area contributed by atoms with Gasteiger partial charge in [-0.15, -0.1) is 0 Å². The van der Waals surface area contributed by atoms with Crippen molar-refractivity contribution < 1.29 is 9.84 Å². The monoisotopic (exact) mass is 329 g/mol. The Balaban J connectivity index is 2.60.